The van der Waals surface area contributed by atoms with Crippen LogP contribution in [-0.2, 0) is 4.79 Å². The highest BCUT2D eigenvalue weighted by atomic mass is 79.9. The zero-order valence-electron chi connectivity index (χ0n) is 24.8. The van der Waals surface area contributed by atoms with Gasteiger partial charge in [-0.05, 0) is 80.2 Å². The molecule has 1 fully saturated rings. The van der Waals surface area contributed by atoms with Crippen LogP contribution in [0.25, 0.3) is 10.9 Å². The summed E-state index contributed by atoms with van der Waals surface area (Å²) in [5.74, 6) is -1.89. The van der Waals surface area contributed by atoms with E-state index in [1.165, 1.54) is 24.6 Å². The second-order valence-corrected chi connectivity index (χ2v) is 13.2. The second kappa shape index (κ2) is 13.5. The summed E-state index contributed by atoms with van der Waals surface area (Å²) in [6.07, 6.45) is 3.54. The van der Waals surface area contributed by atoms with Crippen LogP contribution >= 0.6 is 15.9 Å². The summed E-state index contributed by atoms with van der Waals surface area (Å²) in [6.45, 7) is 10.0. The summed E-state index contributed by atoms with van der Waals surface area (Å²) in [5.41, 5.74) is 1.43. The topological polar surface area (TPSA) is 82.5 Å². The predicted octanol–water partition coefficient (Wildman–Crippen LogP) is 8.01. The first kappa shape index (κ1) is 31.9. The first-order chi connectivity index (χ1) is 19.9. The molecule has 1 saturated heterocycles. The fourth-order valence-electron chi connectivity index (χ4n) is 6.20. The number of nitrogens with one attached hydrogen (secondary N) is 1. The molecule has 9 heteroatoms. The molecule has 6 nitrogen and oxygen atoms in total. The SMILES string of the molecule is CCC1CCCN(c2nc3ccc(Br)cc3c(C(=O)NCC(C)(C)CC(CCC(=O)O)c3c(F)cccc3F)c2C)C1. The van der Waals surface area contributed by atoms with Crippen LogP contribution in [0.2, 0.25) is 0 Å². The number of rotatable bonds is 11. The first-order valence-corrected chi connectivity index (χ1v) is 15.5. The molecule has 4 rings (SSSR count). The fraction of sp³-hybridized carbons (Fsp3) is 0.485. The van der Waals surface area contributed by atoms with Crippen molar-refractivity contribution in [3.05, 3.63) is 69.2 Å². The summed E-state index contributed by atoms with van der Waals surface area (Å²) in [4.78, 5) is 32.5. The number of aromatic nitrogens is 1. The molecule has 0 aliphatic carbocycles. The number of carboxylic acids is 1. The van der Waals surface area contributed by atoms with Gasteiger partial charge in [-0.3, -0.25) is 9.59 Å². The summed E-state index contributed by atoms with van der Waals surface area (Å²) < 4.78 is 30.3. The van der Waals surface area contributed by atoms with E-state index in [0.29, 0.717) is 11.5 Å². The van der Waals surface area contributed by atoms with Gasteiger partial charge in [0, 0.05) is 47.0 Å². The monoisotopic (exact) mass is 643 g/mol. The third-order valence-electron chi connectivity index (χ3n) is 8.43. The van der Waals surface area contributed by atoms with Gasteiger partial charge in [-0.2, -0.15) is 0 Å². The van der Waals surface area contributed by atoms with E-state index in [1.54, 1.807) is 0 Å². The van der Waals surface area contributed by atoms with Crippen molar-refractivity contribution >= 4 is 44.5 Å². The van der Waals surface area contributed by atoms with Gasteiger partial charge < -0.3 is 15.3 Å². The molecule has 2 unspecified atom stereocenters. The van der Waals surface area contributed by atoms with Crippen LogP contribution in [0.3, 0.4) is 0 Å². The molecule has 42 heavy (non-hydrogen) atoms. The highest BCUT2D eigenvalue weighted by Crippen LogP contribution is 2.38. The molecule has 2 heterocycles. The fourth-order valence-corrected chi connectivity index (χ4v) is 6.56. The number of carbonyl (C=O) groups excluding carboxylic acids is 1. The van der Waals surface area contributed by atoms with E-state index in [1.807, 2.05) is 39.0 Å². The maximum Gasteiger partial charge on any atom is 0.303 e. The number of nitrogens with zero attached hydrogens (tertiary/aromatic N) is 2. The zero-order chi connectivity index (χ0) is 30.6. The molecule has 1 aromatic heterocycles. The third kappa shape index (κ3) is 7.46. The molecule has 0 bridgehead atoms. The van der Waals surface area contributed by atoms with Crippen LogP contribution in [0.5, 0.6) is 0 Å². The molecule has 2 N–H and O–H groups in total. The number of carboxylic acid groups (broad SMARTS) is 1. The first-order valence-electron chi connectivity index (χ1n) is 14.7. The molecule has 2 atom stereocenters. The zero-order valence-corrected chi connectivity index (χ0v) is 26.4. The number of amides is 1. The minimum absolute atomic E-state index is 0.0879. The Kier molecular flexibility index (Phi) is 10.2. The molecule has 0 saturated carbocycles. The van der Waals surface area contributed by atoms with Crippen molar-refractivity contribution in [3.63, 3.8) is 0 Å². The molecular weight excluding hydrogens is 604 g/mol. The van der Waals surface area contributed by atoms with Crippen molar-refractivity contribution in [2.24, 2.45) is 11.3 Å². The molecular formula is C33H40BrF2N3O3. The summed E-state index contributed by atoms with van der Waals surface area (Å²) in [6, 6.07) is 9.43. The van der Waals surface area contributed by atoms with E-state index in [0.717, 1.165) is 52.7 Å². The molecule has 3 aromatic rings. The smallest absolute Gasteiger partial charge is 0.303 e. The third-order valence-corrected chi connectivity index (χ3v) is 8.92. The van der Waals surface area contributed by atoms with E-state index >= 15 is 0 Å². The number of hydrogen-bond acceptors (Lipinski definition) is 4. The summed E-state index contributed by atoms with van der Waals surface area (Å²) >= 11 is 3.54. The number of carbonyl (C=O) groups is 2. The Balaban J connectivity index is 1.61. The lowest BCUT2D eigenvalue weighted by Gasteiger charge is -2.35. The Morgan fingerprint density at radius 2 is 1.93 bits per heavy atom. The minimum atomic E-state index is -1.02. The molecule has 1 aliphatic rings. The van der Waals surface area contributed by atoms with Crippen LogP contribution in [0.15, 0.2) is 40.9 Å². The Hall–Kier alpha value is -3.07. The maximum absolute atomic E-state index is 14.7. The van der Waals surface area contributed by atoms with Gasteiger partial charge in [0.15, 0.2) is 0 Å². The predicted molar refractivity (Wildman–Crippen MR) is 166 cm³/mol. The number of halogens is 3. The van der Waals surface area contributed by atoms with E-state index in [9.17, 15) is 23.5 Å². The van der Waals surface area contributed by atoms with Crippen LogP contribution in [0, 0.1) is 29.9 Å². The number of hydrogen-bond donors (Lipinski definition) is 2. The van der Waals surface area contributed by atoms with Gasteiger partial charge in [0.1, 0.15) is 17.5 Å². The van der Waals surface area contributed by atoms with Gasteiger partial charge in [0.2, 0.25) is 0 Å². The minimum Gasteiger partial charge on any atom is -0.481 e. The molecule has 0 spiro atoms. The number of anilines is 1. The van der Waals surface area contributed by atoms with Gasteiger partial charge in [0.25, 0.3) is 5.91 Å². The number of fused-ring (bicyclic) bond motifs is 1. The van der Waals surface area contributed by atoms with Crippen LogP contribution in [0.1, 0.15) is 86.7 Å². The van der Waals surface area contributed by atoms with Gasteiger partial charge in [-0.15, -0.1) is 0 Å². The van der Waals surface area contributed by atoms with Crippen LogP contribution in [-0.4, -0.2) is 41.6 Å². The normalized spacial score (nSPS) is 16.5. The van der Waals surface area contributed by atoms with Crippen molar-refractivity contribution < 1.29 is 23.5 Å². The quantitative estimate of drug-likeness (QED) is 0.221. The van der Waals surface area contributed by atoms with E-state index in [-0.39, 0.29) is 37.3 Å². The molecule has 226 valence electrons. The van der Waals surface area contributed by atoms with E-state index < -0.39 is 28.9 Å². The van der Waals surface area contributed by atoms with Crippen molar-refractivity contribution in [1.82, 2.24) is 10.3 Å². The standard InChI is InChI=1S/C33H40BrF2N3O3/c1-5-21-8-7-15-39(18-21)31-20(2)29(24-16-23(34)12-13-27(24)38-31)32(42)37-19-33(3,4)17-22(11-14-28(40)41)30-25(35)9-6-10-26(30)36/h6,9-10,12-13,16,21-22H,5,7-8,11,14-15,17-19H2,1-4H3,(H,37,42)(H,40,41). The maximum atomic E-state index is 14.7. The number of pyridine rings is 1. The van der Waals surface area contributed by atoms with Crippen LogP contribution < -0.4 is 10.2 Å². The molecule has 1 aliphatic heterocycles. The average Bonchev–Trinajstić information content (AvgIpc) is 2.94. The largest absolute Gasteiger partial charge is 0.481 e. The number of benzene rings is 2. The van der Waals surface area contributed by atoms with E-state index in [4.69, 9.17) is 4.98 Å². The van der Waals surface area contributed by atoms with E-state index in [2.05, 4.69) is 33.1 Å². The van der Waals surface area contributed by atoms with Crippen molar-refractivity contribution in [1.29, 1.82) is 0 Å². The van der Waals surface area contributed by atoms with Crippen molar-refractivity contribution in [3.8, 4) is 0 Å². The molecule has 1 amide bonds. The Morgan fingerprint density at radius 3 is 2.60 bits per heavy atom. The Morgan fingerprint density at radius 1 is 1.21 bits per heavy atom. The average molecular weight is 645 g/mol. The highest BCUT2D eigenvalue weighted by molar-refractivity contribution is 9.10. The van der Waals surface area contributed by atoms with Gasteiger partial charge in [-0.1, -0.05) is 49.2 Å². The molecule has 2 aromatic carbocycles. The second-order valence-electron chi connectivity index (χ2n) is 12.3. The number of piperidine rings is 1. The Bertz CT molecular complexity index is 1440. The summed E-state index contributed by atoms with van der Waals surface area (Å²) in [7, 11) is 0. The summed E-state index contributed by atoms with van der Waals surface area (Å²) in [5, 5.41) is 13.1. The lowest BCUT2D eigenvalue weighted by atomic mass is 9.77. The number of aliphatic carboxylic acids is 1. The van der Waals surface area contributed by atoms with Gasteiger partial charge in [-0.25, -0.2) is 13.8 Å². The lowest BCUT2D eigenvalue weighted by Crippen LogP contribution is -2.38. The van der Waals surface area contributed by atoms with Gasteiger partial charge >= 0.3 is 5.97 Å². The highest BCUT2D eigenvalue weighted by Gasteiger charge is 2.30. The molecule has 0 radical (unpaired) electrons. The van der Waals surface area contributed by atoms with Gasteiger partial charge in [0.05, 0.1) is 11.1 Å². The van der Waals surface area contributed by atoms with Crippen molar-refractivity contribution in [2.75, 3.05) is 24.5 Å². The van der Waals surface area contributed by atoms with Crippen molar-refractivity contribution in [2.45, 2.75) is 72.1 Å². The lowest BCUT2D eigenvalue weighted by molar-refractivity contribution is -0.137. The van der Waals surface area contributed by atoms with Crippen LogP contribution in [0.4, 0.5) is 14.6 Å². The Labute approximate surface area is 255 Å².